The van der Waals surface area contributed by atoms with Crippen molar-refractivity contribution in [2.75, 3.05) is 18.9 Å². The Hall–Kier alpha value is -2.87. The first kappa shape index (κ1) is 18.5. The van der Waals surface area contributed by atoms with Gasteiger partial charge in [-0.1, -0.05) is 11.3 Å². The van der Waals surface area contributed by atoms with E-state index in [0.29, 0.717) is 17.2 Å². The van der Waals surface area contributed by atoms with Crippen molar-refractivity contribution in [2.45, 2.75) is 32.7 Å². The molecule has 1 amide bonds. The molecule has 0 spiro atoms. The van der Waals surface area contributed by atoms with E-state index in [4.69, 9.17) is 4.98 Å². The molecule has 0 saturated carbocycles. The van der Waals surface area contributed by atoms with Gasteiger partial charge in [-0.25, -0.2) is 15.0 Å². The lowest BCUT2D eigenvalue weighted by molar-refractivity contribution is 0.0737. The molecule has 1 atom stereocenters. The van der Waals surface area contributed by atoms with Crippen molar-refractivity contribution in [1.82, 2.24) is 24.8 Å². The third-order valence-corrected chi connectivity index (χ3v) is 6.13. The lowest BCUT2D eigenvalue weighted by atomic mass is 10.0. The number of hydrogen-bond donors (Lipinski definition) is 1. The number of rotatable bonds is 4. The molecule has 0 radical (unpaired) electrons. The molecule has 0 bridgehead atoms. The summed E-state index contributed by atoms with van der Waals surface area (Å²) < 4.78 is 0. The number of carbonyl (C=O) groups excluding carboxylic acids is 1. The van der Waals surface area contributed by atoms with Crippen LogP contribution in [0.15, 0.2) is 30.7 Å². The van der Waals surface area contributed by atoms with E-state index in [-0.39, 0.29) is 11.9 Å². The average molecular weight is 395 g/mol. The first-order valence-corrected chi connectivity index (χ1v) is 10.1. The van der Waals surface area contributed by atoms with Crippen molar-refractivity contribution in [3.63, 3.8) is 0 Å². The molecule has 7 nitrogen and oxygen atoms in total. The highest BCUT2D eigenvalue weighted by Gasteiger charge is 2.35. The van der Waals surface area contributed by atoms with E-state index in [1.807, 2.05) is 44.1 Å². The molecule has 1 N–H and O–H groups in total. The first-order valence-electron chi connectivity index (χ1n) is 9.28. The van der Waals surface area contributed by atoms with Crippen LogP contribution in [0.25, 0.3) is 11.1 Å². The quantitative estimate of drug-likeness (QED) is 0.727. The van der Waals surface area contributed by atoms with E-state index >= 15 is 0 Å². The first-order chi connectivity index (χ1) is 13.6. The molecule has 1 aliphatic rings. The van der Waals surface area contributed by atoms with E-state index in [0.717, 1.165) is 40.5 Å². The zero-order valence-electron chi connectivity index (χ0n) is 16.1. The van der Waals surface area contributed by atoms with Gasteiger partial charge in [0.2, 0.25) is 0 Å². The molecular formula is C20H22N6OS. The molecule has 3 aromatic rings. The van der Waals surface area contributed by atoms with Crippen LogP contribution in [0.5, 0.6) is 0 Å². The highest BCUT2D eigenvalue weighted by Crippen LogP contribution is 2.38. The summed E-state index contributed by atoms with van der Waals surface area (Å²) in [6.45, 7) is 4.48. The van der Waals surface area contributed by atoms with Gasteiger partial charge in [0.05, 0.1) is 17.4 Å². The van der Waals surface area contributed by atoms with Gasteiger partial charge in [0.1, 0.15) is 10.7 Å². The van der Waals surface area contributed by atoms with Crippen LogP contribution in [0.3, 0.4) is 0 Å². The number of nitrogens with one attached hydrogen (secondary N) is 1. The summed E-state index contributed by atoms with van der Waals surface area (Å²) in [6.07, 6.45) is 7.21. The predicted octanol–water partition coefficient (Wildman–Crippen LogP) is 3.63. The fraction of sp³-hybridized carbons (Fsp3) is 0.350. The lowest BCUT2D eigenvalue weighted by Gasteiger charge is -2.26. The number of carbonyl (C=O) groups is 1. The molecule has 1 fully saturated rings. The summed E-state index contributed by atoms with van der Waals surface area (Å²) in [7, 11) is 1.82. The van der Waals surface area contributed by atoms with Crippen molar-refractivity contribution >= 4 is 22.4 Å². The van der Waals surface area contributed by atoms with Gasteiger partial charge in [-0.2, -0.15) is 0 Å². The van der Waals surface area contributed by atoms with Crippen molar-refractivity contribution in [2.24, 2.45) is 0 Å². The van der Waals surface area contributed by atoms with E-state index in [1.54, 1.807) is 12.4 Å². The van der Waals surface area contributed by atoms with Crippen LogP contribution in [-0.4, -0.2) is 44.3 Å². The van der Waals surface area contributed by atoms with Crippen molar-refractivity contribution in [3.8, 4) is 11.1 Å². The number of likely N-dealkylation sites (tertiary alicyclic amines) is 1. The van der Waals surface area contributed by atoms with Crippen LogP contribution in [0.2, 0.25) is 0 Å². The molecule has 3 aromatic heterocycles. The Kier molecular flexibility index (Phi) is 5.04. The fourth-order valence-corrected chi connectivity index (χ4v) is 4.50. The number of aryl methyl sites for hydroxylation is 2. The molecule has 1 saturated heterocycles. The van der Waals surface area contributed by atoms with Crippen LogP contribution in [0, 0.1) is 13.8 Å². The summed E-state index contributed by atoms with van der Waals surface area (Å²) in [5.74, 6) is 0.731. The van der Waals surface area contributed by atoms with Crippen LogP contribution < -0.4 is 5.32 Å². The Morgan fingerprint density at radius 3 is 2.75 bits per heavy atom. The lowest BCUT2D eigenvalue weighted by Crippen LogP contribution is -2.31. The maximum atomic E-state index is 13.3. The number of amides is 1. The Morgan fingerprint density at radius 1 is 1.25 bits per heavy atom. The smallest absolute Gasteiger partial charge is 0.266 e. The van der Waals surface area contributed by atoms with Crippen molar-refractivity contribution < 1.29 is 4.79 Å². The SMILES string of the molecule is CNc1nc(C)c(C(=O)N2CCCC2c2nc(C)ncc2-c2ccncc2)s1. The number of pyridine rings is 1. The van der Waals surface area contributed by atoms with E-state index in [9.17, 15) is 4.79 Å². The van der Waals surface area contributed by atoms with Gasteiger partial charge >= 0.3 is 0 Å². The summed E-state index contributed by atoms with van der Waals surface area (Å²) in [5.41, 5.74) is 3.63. The largest absolute Gasteiger partial charge is 0.365 e. The maximum absolute atomic E-state index is 13.3. The second-order valence-electron chi connectivity index (χ2n) is 6.79. The normalized spacial score (nSPS) is 16.4. The Bertz CT molecular complexity index is 1000. The zero-order valence-corrected chi connectivity index (χ0v) is 17.0. The van der Waals surface area contributed by atoms with Gasteiger partial charge in [0.15, 0.2) is 5.13 Å². The molecule has 1 unspecified atom stereocenters. The number of thiazole rings is 1. The molecule has 0 aromatic carbocycles. The molecule has 8 heteroatoms. The maximum Gasteiger partial charge on any atom is 0.266 e. The number of aromatic nitrogens is 4. The van der Waals surface area contributed by atoms with Gasteiger partial charge in [-0.15, -0.1) is 0 Å². The number of nitrogens with zero attached hydrogens (tertiary/aromatic N) is 5. The minimum absolute atomic E-state index is 0.0240. The summed E-state index contributed by atoms with van der Waals surface area (Å²) in [4.78, 5) is 33.6. The molecule has 144 valence electrons. The standard InChI is InChI=1S/C20H22N6OS/c1-12-18(28-20(21-3)24-12)19(27)26-10-4-5-16(26)17-15(11-23-13(2)25-17)14-6-8-22-9-7-14/h6-9,11,16H,4-5,10H2,1-3H3,(H,21,24). The minimum Gasteiger partial charge on any atom is -0.365 e. The van der Waals surface area contributed by atoms with Gasteiger partial charge in [-0.3, -0.25) is 9.78 Å². The Balaban J connectivity index is 1.73. The van der Waals surface area contributed by atoms with E-state index in [1.165, 1.54) is 11.3 Å². The molecule has 28 heavy (non-hydrogen) atoms. The molecular weight excluding hydrogens is 372 g/mol. The molecule has 4 rings (SSSR count). The third-order valence-electron chi connectivity index (χ3n) is 4.96. The van der Waals surface area contributed by atoms with Crippen LogP contribution >= 0.6 is 11.3 Å². The molecule has 0 aliphatic carbocycles. The monoisotopic (exact) mass is 394 g/mol. The molecule has 1 aliphatic heterocycles. The number of hydrogen-bond acceptors (Lipinski definition) is 7. The zero-order chi connectivity index (χ0) is 19.7. The second kappa shape index (κ2) is 7.63. The molecule has 4 heterocycles. The predicted molar refractivity (Wildman–Crippen MR) is 109 cm³/mol. The fourth-order valence-electron chi connectivity index (χ4n) is 3.62. The van der Waals surface area contributed by atoms with E-state index in [2.05, 4.69) is 20.3 Å². The van der Waals surface area contributed by atoms with Crippen molar-refractivity contribution in [1.29, 1.82) is 0 Å². The van der Waals surface area contributed by atoms with Crippen LogP contribution in [0.4, 0.5) is 5.13 Å². The van der Waals surface area contributed by atoms with Gasteiger partial charge < -0.3 is 10.2 Å². The highest BCUT2D eigenvalue weighted by atomic mass is 32.1. The summed E-state index contributed by atoms with van der Waals surface area (Å²) in [6, 6.07) is 3.83. The Labute approximate surface area is 167 Å². The topological polar surface area (TPSA) is 83.9 Å². The second-order valence-corrected chi connectivity index (χ2v) is 7.79. The summed E-state index contributed by atoms with van der Waals surface area (Å²) in [5, 5.41) is 3.78. The Morgan fingerprint density at radius 2 is 2.04 bits per heavy atom. The summed E-state index contributed by atoms with van der Waals surface area (Å²) >= 11 is 1.40. The van der Waals surface area contributed by atoms with Crippen molar-refractivity contribution in [3.05, 3.63) is 52.8 Å². The number of anilines is 1. The van der Waals surface area contributed by atoms with Crippen LogP contribution in [-0.2, 0) is 0 Å². The third kappa shape index (κ3) is 3.35. The van der Waals surface area contributed by atoms with Gasteiger partial charge in [0.25, 0.3) is 5.91 Å². The highest BCUT2D eigenvalue weighted by molar-refractivity contribution is 7.17. The average Bonchev–Trinajstić information content (AvgIpc) is 3.34. The minimum atomic E-state index is -0.0723. The van der Waals surface area contributed by atoms with E-state index < -0.39 is 0 Å². The van der Waals surface area contributed by atoms with Crippen LogP contribution in [0.1, 0.15) is 45.8 Å². The van der Waals surface area contributed by atoms with Gasteiger partial charge in [0, 0.05) is 37.7 Å². The van der Waals surface area contributed by atoms with Gasteiger partial charge in [-0.05, 0) is 44.4 Å².